The Morgan fingerprint density at radius 3 is 2.69 bits per heavy atom. The number of hydrogen-bond donors (Lipinski definition) is 1. The number of aliphatic hydroxyl groups excluding tert-OH is 1. The Hall–Kier alpha value is -0.610. The van der Waals surface area contributed by atoms with Crippen LogP contribution in [0.5, 0.6) is 0 Å². The zero-order valence-electron chi connectivity index (χ0n) is 10.2. The number of amides is 1. The SMILES string of the molecule is CN(CC1CCOCC1)C(=O)CCCCO. The molecule has 0 aromatic heterocycles. The van der Waals surface area contributed by atoms with Gasteiger partial charge in [0, 0.05) is 39.8 Å². The van der Waals surface area contributed by atoms with Gasteiger partial charge in [0.05, 0.1) is 0 Å². The van der Waals surface area contributed by atoms with Crippen LogP contribution >= 0.6 is 0 Å². The molecule has 0 saturated carbocycles. The quantitative estimate of drug-likeness (QED) is 0.692. The molecule has 1 fully saturated rings. The van der Waals surface area contributed by atoms with Gasteiger partial charge in [-0.25, -0.2) is 0 Å². The second-order valence-corrected chi connectivity index (χ2v) is 4.51. The first-order valence-electron chi connectivity index (χ1n) is 6.16. The molecule has 4 heteroatoms. The van der Waals surface area contributed by atoms with Crippen LogP contribution in [0.1, 0.15) is 32.1 Å². The van der Waals surface area contributed by atoms with Crippen LogP contribution in [0.15, 0.2) is 0 Å². The molecule has 1 aliphatic heterocycles. The minimum absolute atomic E-state index is 0.178. The molecule has 0 aromatic rings. The number of hydrogen-bond acceptors (Lipinski definition) is 3. The first-order valence-corrected chi connectivity index (χ1v) is 6.16. The lowest BCUT2D eigenvalue weighted by molar-refractivity contribution is -0.131. The standard InChI is InChI=1S/C12H23NO3/c1-13(12(15)4-2-3-7-14)10-11-5-8-16-9-6-11/h11,14H,2-10H2,1H3. The van der Waals surface area contributed by atoms with Gasteiger partial charge in [-0.1, -0.05) is 0 Å². The van der Waals surface area contributed by atoms with Gasteiger partial charge in [0.2, 0.25) is 5.91 Å². The number of carbonyl (C=O) groups is 1. The van der Waals surface area contributed by atoms with Crippen molar-refractivity contribution in [2.75, 3.05) is 33.4 Å². The summed E-state index contributed by atoms with van der Waals surface area (Å²) in [6, 6.07) is 0. The van der Waals surface area contributed by atoms with Crippen LogP contribution < -0.4 is 0 Å². The molecule has 4 nitrogen and oxygen atoms in total. The highest BCUT2D eigenvalue weighted by atomic mass is 16.5. The van der Waals surface area contributed by atoms with Crippen LogP contribution in [0.2, 0.25) is 0 Å². The van der Waals surface area contributed by atoms with E-state index in [1.54, 1.807) is 0 Å². The fraction of sp³-hybridized carbons (Fsp3) is 0.917. The zero-order valence-corrected chi connectivity index (χ0v) is 10.2. The summed E-state index contributed by atoms with van der Waals surface area (Å²) in [5.74, 6) is 0.792. The molecule has 0 atom stereocenters. The van der Waals surface area contributed by atoms with Crippen molar-refractivity contribution in [3.8, 4) is 0 Å². The van der Waals surface area contributed by atoms with Gasteiger partial charge in [-0.05, 0) is 31.6 Å². The molecule has 1 saturated heterocycles. The van der Waals surface area contributed by atoms with Crippen molar-refractivity contribution in [1.82, 2.24) is 4.90 Å². The van der Waals surface area contributed by atoms with Crippen molar-refractivity contribution in [3.05, 3.63) is 0 Å². The summed E-state index contributed by atoms with van der Waals surface area (Å²) in [6.07, 6.45) is 4.19. The molecule has 0 aromatic carbocycles. The number of aliphatic hydroxyl groups is 1. The molecule has 1 amide bonds. The van der Waals surface area contributed by atoms with Crippen LogP contribution in [-0.2, 0) is 9.53 Å². The van der Waals surface area contributed by atoms with Crippen LogP contribution in [0.4, 0.5) is 0 Å². The van der Waals surface area contributed by atoms with Gasteiger partial charge in [-0.3, -0.25) is 4.79 Å². The summed E-state index contributed by atoms with van der Waals surface area (Å²) in [6.45, 7) is 2.69. The lowest BCUT2D eigenvalue weighted by atomic mass is 10.00. The molecule has 1 rings (SSSR count). The van der Waals surface area contributed by atoms with Crippen molar-refractivity contribution >= 4 is 5.91 Å². The minimum Gasteiger partial charge on any atom is -0.396 e. The Balaban J connectivity index is 2.16. The number of unbranched alkanes of at least 4 members (excludes halogenated alkanes) is 1. The summed E-state index contributed by atoms with van der Waals surface area (Å²) in [5, 5.41) is 8.64. The first kappa shape index (κ1) is 13.5. The minimum atomic E-state index is 0.178. The maximum Gasteiger partial charge on any atom is 0.222 e. The first-order chi connectivity index (χ1) is 7.74. The Kier molecular flexibility index (Phi) is 6.42. The monoisotopic (exact) mass is 229 g/mol. The van der Waals surface area contributed by atoms with E-state index in [1.807, 2.05) is 11.9 Å². The molecule has 0 spiro atoms. The topological polar surface area (TPSA) is 49.8 Å². The van der Waals surface area contributed by atoms with Crippen molar-refractivity contribution < 1.29 is 14.6 Å². The average Bonchev–Trinajstić information content (AvgIpc) is 2.30. The highest BCUT2D eigenvalue weighted by Crippen LogP contribution is 2.16. The predicted octanol–water partition coefficient (Wildman–Crippen LogP) is 1.03. The van der Waals surface area contributed by atoms with Crippen molar-refractivity contribution in [3.63, 3.8) is 0 Å². The Labute approximate surface area is 97.6 Å². The lowest BCUT2D eigenvalue weighted by Crippen LogP contribution is -2.34. The number of carbonyl (C=O) groups excluding carboxylic acids is 1. The van der Waals surface area contributed by atoms with Crippen LogP contribution in [0, 0.1) is 5.92 Å². The third kappa shape index (κ3) is 4.94. The van der Waals surface area contributed by atoms with E-state index in [0.717, 1.165) is 45.4 Å². The Bertz CT molecular complexity index is 202. The molecular weight excluding hydrogens is 206 g/mol. The summed E-state index contributed by atoms with van der Waals surface area (Å²) >= 11 is 0. The molecule has 94 valence electrons. The van der Waals surface area contributed by atoms with E-state index in [2.05, 4.69) is 0 Å². The normalized spacial score (nSPS) is 17.4. The van der Waals surface area contributed by atoms with Crippen LogP contribution in [-0.4, -0.2) is 49.3 Å². The van der Waals surface area contributed by atoms with Gasteiger partial charge in [0.1, 0.15) is 0 Å². The largest absolute Gasteiger partial charge is 0.396 e. The van der Waals surface area contributed by atoms with Gasteiger partial charge in [0.25, 0.3) is 0 Å². The molecule has 0 radical (unpaired) electrons. The van der Waals surface area contributed by atoms with E-state index in [4.69, 9.17) is 9.84 Å². The van der Waals surface area contributed by atoms with Gasteiger partial charge in [-0.2, -0.15) is 0 Å². The lowest BCUT2D eigenvalue weighted by Gasteiger charge is -2.27. The molecule has 1 aliphatic rings. The summed E-state index contributed by atoms with van der Waals surface area (Å²) in [5.41, 5.74) is 0. The number of ether oxygens (including phenoxy) is 1. The van der Waals surface area contributed by atoms with Crippen molar-refractivity contribution in [2.24, 2.45) is 5.92 Å². The second kappa shape index (κ2) is 7.63. The Morgan fingerprint density at radius 1 is 1.38 bits per heavy atom. The van der Waals surface area contributed by atoms with Gasteiger partial charge in [-0.15, -0.1) is 0 Å². The van der Waals surface area contributed by atoms with E-state index in [1.165, 1.54) is 0 Å². The van der Waals surface area contributed by atoms with Gasteiger partial charge >= 0.3 is 0 Å². The molecule has 0 aliphatic carbocycles. The fourth-order valence-corrected chi connectivity index (χ4v) is 2.00. The Morgan fingerprint density at radius 2 is 2.06 bits per heavy atom. The maximum atomic E-state index is 11.7. The molecule has 16 heavy (non-hydrogen) atoms. The summed E-state index contributed by atoms with van der Waals surface area (Å²) in [4.78, 5) is 13.5. The average molecular weight is 229 g/mol. The van der Waals surface area contributed by atoms with E-state index in [-0.39, 0.29) is 12.5 Å². The highest BCUT2D eigenvalue weighted by Gasteiger charge is 2.18. The van der Waals surface area contributed by atoms with Gasteiger partial charge < -0.3 is 14.7 Å². The predicted molar refractivity (Wildman–Crippen MR) is 62.1 cm³/mol. The highest BCUT2D eigenvalue weighted by molar-refractivity contribution is 5.75. The third-order valence-corrected chi connectivity index (χ3v) is 3.10. The van der Waals surface area contributed by atoms with E-state index in [0.29, 0.717) is 12.3 Å². The zero-order chi connectivity index (χ0) is 11.8. The van der Waals surface area contributed by atoms with Crippen molar-refractivity contribution in [2.45, 2.75) is 32.1 Å². The van der Waals surface area contributed by atoms with E-state index >= 15 is 0 Å². The van der Waals surface area contributed by atoms with Crippen molar-refractivity contribution in [1.29, 1.82) is 0 Å². The molecule has 0 bridgehead atoms. The summed E-state index contributed by atoms with van der Waals surface area (Å²) < 4.78 is 5.29. The third-order valence-electron chi connectivity index (χ3n) is 3.10. The van der Waals surface area contributed by atoms with Crippen LogP contribution in [0.3, 0.4) is 0 Å². The molecule has 1 heterocycles. The van der Waals surface area contributed by atoms with Crippen LogP contribution in [0.25, 0.3) is 0 Å². The molecule has 1 N–H and O–H groups in total. The van der Waals surface area contributed by atoms with Gasteiger partial charge in [0.15, 0.2) is 0 Å². The maximum absolute atomic E-state index is 11.7. The fourth-order valence-electron chi connectivity index (χ4n) is 2.00. The number of nitrogens with zero attached hydrogens (tertiary/aromatic N) is 1. The van der Waals surface area contributed by atoms with E-state index in [9.17, 15) is 4.79 Å². The molecular formula is C12H23NO3. The number of rotatable bonds is 6. The smallest absolute Gasteiger partial charge is 0.222 e. The summed E-state index contributed by atoms with van der Waals surface area (Å²) in [7, 11) is 1.87. The molecule has 0 unspecified atom stereocenters. The van der Waals surface area contributed by atoms with E-state index < -0.39 is 0 Å². The second-order valence-electron chi connectivity index (χ2n) is 4.51.